The van der Waals surface area contributed by atoms with Gasteiger partial charge in [0.1, 0.15) is 0 Å². The maximum absolute atomic E-state index is 4.49. The first-order valence-corrected chi connectivity index (χ1v) is 6.53. The summed E-state index contributed by atoms with van der Waals surface area (Å²) in [7, 11) is 2.01. The molecule has 2 unspecified atom stereocenters. The van der Waals surface area contributed by atoms with Crippen molar-refractivity contribution in [2.45, 2.75) is 32.4 Å². The SMILES string of the molecule is CCC(NC)C(C)n1cc(-c2ccccc2)cn1. The van der Waals surface area contributed by atoms with Crippen molar-refractivity contribution in [3.8, 4) is 11.1 Å². The summed E-state index contributed by atoms with van der Waals surface area (Å²) >= 11 is 0. The summed E-state index contributed by atoms with van der Waals surface area (Å²) in [5.41, 5.74) is 2.39. The molecule has 2 rings (SSSR count). The van der Waals surface area contributed by atoms with Crippen LogP contribution in [0.15, 0.2) is 42.7 Å². The quantitative estimate of drug-likeness (QED) is 0.874. The monoisotopic (exact) mass is 243 g/mol. The highest BCUT2D eigenvalue weighted by molar-refractivity contribution is 5.61. The summed E-state index contributed by atoms with van der Waals surface area (Å²) in [6.07, 6.45) is 5.16. The van der Waals surface area contributed by atoms with Crippen LogP contribution < -0.4 is 5.32 Å². The van der Waals surface area contributed by atoms with Crippen LogP contribution in [0.25, 0.3) is 11.1 Å². The zero-order valence-electron chi connectivity index (χ0n) is 11.3. The molecule has 0 spiro atoms. The van der Waals surface area contributed by atoms with Crippen LogP contribution in [0.1, 0.15) is 26.3 Å². The van der Waals surface area contributed by atoms with Crippen LogP contribution in [-0.2, 0) is 0 Å². The fraction of sp³-hybridized carbons (Fsp3) is 0.400. The third-order valence-corrected chi connectivity index (χ3v) is 3.52. The van der Waals surface area contributed by atoms with Crippen LogP contribution in [0.5, 0.6) is 0 Å². The number of benzene rings is 1. The molecule has 0 fully saturated rings. The Morgan fingerprint density at radius 3 is 2.56 bits per heavy atom. The molecule has 2 atom stereocenters. The third kappa shape index (κ3) is 2.62. The second-order valence-corrected chi connectivity index (χ2v) is 4.62. The second kappa shape index (κ2) is 5.83. The minimum atomic E-state index is 0.359. The molecule has 1 aromatic heterocycles. The average molecular weight is 243 g/mol. The Kier molecular flexibility index (Phi) is 4.15. The van der Waals surface area contributed by atoms with Crippen LogP contribution in [0.4, 0.5) is 0 Å². The highest BCUT2D eigenvalue weighted by Crippen LogP contribution is 2.21. The predicted molar refractivity (Wildman–Crippen MR) is 75.5 cm³/mol. The fourth-order valence-electron chi connectivity index (χ4n) is 2.31. The summed E-state index contributed by atoms with van der Waals surface area (Å²) in [5, 5.41) is 7.82. The van der Waals surface area contributed by atoms with Gasteiger partial charge in [0, 0.05) is 17.8 Å². The number of aromatic nitrogens is 2. The molecule has 18 heavy (non-hydrogen) atoms. The lowest BCUT2D eigenvalue weighted by atomic mass is 10.1. The van der Waals surface area contributed by atoms with E-state index in [9.17, 15) is 0 Å². The molecule has 1 aromatic carbocycles. The van der Waals surface area contributed by atoms with Gasteiger partial charge in [0.25, 0.3) is 0 Å². The van der Waals surface area contributed by atoms with Crippen LogP contribution in [0, 0.1) is 0 Å². The molecule has 0 aliphatic rings. The molecule has 96 valence electrons. The first-order chi connectivity index (χ1) is 8.76. The van der Waals surface area contributed by atoms with Crippen LogP contribution in [-0.4, -0.2) is 22.9 Å². The molecule has 0 aliphatic carbocycles. The van der Waals surface area contributed by atoms with Gasteiger partial charge >= 0.3 is 0 Å². The van der Waals surface area contributed by atoms with Gasteiger partial charge in [-0.25, -0.2) is 0 Å². The van der Waals surface area contributed by atoms with Crippen molar-refractivity contribution in [3.63, 3.8) is 0 Å². The Morgan fingerprint density at radius 1 is 1.22 bits per heavy atom. The number of hydrogen-bond acceptors (Lipinski definition) is 2. The molecule has 1 heterocycles. The highest BCUT2D eigenvalue weighted by atomic mass is 15.3. The van der Waals surface area contributed by atoms with E-state index in [0.717, 1.165) is 6.42 Å². The van der Waals surface area contributed by atoms with Crippen molar-refractivity contribution in [3.05, 3.63) is 42.7 Å². The first-order valence-electron chi connectivity index (χ1n) is 6.53. The minimum absolute atomic E-state index is 0.359. The van der Waals surface area contributed by atoms with Crippen LogP contribution >= 0.6 is 0 Å². The van der Waals surface area contributed by atoms with E-state index in [0.29, 0.717) is 12.1 Å². The van der Waals surface area contributed by atoms with E-state index in [1.807, 2.05) is 24.0 Å². The third-order valence-electron chi connectivity index (χ3n) is 3.52. The van der Waals surface area contributed by atoms with Gasteiger partial charge in [0.05, 0.1) is 12.2 Å². The molecule has 0 radical (unpaired) electrons. The van der Waals surface area contributed by atoms with Gasteiger partial charge in [-0.05, 0) is 26.0 Å². The smallest absolute Gasteiger partial charge is 0.0644 e. The van der Waals surface area contributed by atoms with E-state index in [1.54, 1.807) is 0 Å². The van der Waals surface area contributed by atoms with Crippen molar-refractivity contribution < 1.29 is 0 Å². The number of nitrogens with zero attached hydrogens (tertiary/aromatic N) is 2. The molecular weight excluding hydrogens is 222 g/mol. The second-order valence-electron chi connectivity index (χ2n) is 4.62. The molecular formula is C15H21N3. The molecule has 0 bridgehead atoms. The maximum Gasteiger partial charge on any atom is 0.0644 e. The first kappa shape index (κ1) is 12.8. The lowest BCUT2D eigenvalue weighted by Crippen LogP contribution is -2.33. The Labute approximate surface area is 109 Å². The molecule has 0 aliphatic heterocycles. The Hall–Kier alpha value is -1.61. The summed E-state index contributed by atoms with van der Waals surface area (Å²) in [6.45, 7) is 4.39. The molecule has 2 aromatic rings. The zero-order valence-corrected chi connectivity index (χ0v) is 11.3. The van der Waals surface area contributed by atoms with Crippen molar-refractivity contribution in [1.29, 1.82) is 0 Å². The van der Waals surface area contributed by atoms with Crippen molar-refractivity contribution in [2.75, 3.05) is 7.05 Å². The lowest BCUT2D eigenvalue weighted by molar-refractivity contribution is 0.356. The minimum Gasteiger partial charge on any atom is -0.315 e. The maximum atomic E-state index is 4.49. The summed E-state index contributed by atoms with van der Waals surface area (Å²) < 4.78 is 2.05. The van der Waals surface area contributed by atoms with Crippen molar-refractivity contribution >= 4 is 0 Å². The van der Waals surface area contributed by atoms with Gasteiger partial charge in [-0.15, -0.1) is 0 Å². The van der Waals surface area contributed by atoms with Gasteiger partial charge in [-0.2, -0.15) is 5.10 Å². The van der Waals surface area contributed by atoms with Gasteiger partial charge in [-0.3, -0.25) is 4.68 Å². The summed E-state index contributed by atoms with van der Waals surface area (Å²) in [4.78, 5) is 0. The van der Waals surface area contributed by atoms with E-state index < -0.39 is 0 Å². The van der Waals surface area contributed by atoms with E-state index in [4.69, 9.17) is 0 Å². The van der Waals surface area contributed by atoms with Gasteiger partial charge in [0.15, 0.2) is 0 Å². The fourth-order valence-corrected chi connectivity index (χ4v) is 2.31. The highest BCUT2D eigenvalue weighted by Gasteiger charge is 2.16. The van der Waals surface area contributed by atoms with E-state index in [1.165, 1.54) is 11.1 Å². The molecule has 1 N–H and O–H groups in total. The lowest BCUT2D eigenvalue weighted by Gasteiger charge is -2.22. The number of hydrogen-bond donors (Lipinski definition) is 1. The zero-order chi connectivity index (χ0) is 13.0. The van der Waals surface area contributed by atoms with Crippen LogP contribution in [0.3, 0.4) is 0 Å². The standard InChI is InChI=1S/C15H21N3/c1-4-15(16-3)12(2)18-11-14(10-17-18)13-8-6-5-7-9-13/h5-12,15-16H,4H2,1-3H3. The van der Waals surface area contributed by atoms with Crippen molar-refractivity contribution in [2.24, 2.45) is 0 Å². The Balaban J connectivity index is 2.20. The molecule has 3 nitrogen and oxygen atoms in total. The predicted octanol–water partition coefficient (Wildman–Crippen LogP) is 3.11. The average Bonchev–Trinajstić information content (AvgIpc) is 2.90. The Bertz CT molecular complexity index is 471. The summed E-state index contributed by atoms with van der Waals surface area (Å²) in [6, 6.07) is 11.2. The van der Waals surface area contributed by atoms with E-state index in [2.05, 4.69) is 54.7 Å². The summed E-state index contributed by atoms with van der Waals surface area (Å²) in [5.74, 6) is 0. The van der Waals surface area contributed by atoms with Crippen LogP contribution in [0.2, 0.25) is 0 Å². The largest absolute Gasteiger partial charge is 0.315 e. The number of likely N-dealkylation sites (N-methyl/N-ethyl adjacent to an activating group) is 1. The molecule has 0 saturated heterocycles. The van der Waals surface area contributed by atoms with E-state index >= 15 is 0 Å². The van der Waals surface area contributed by atoms with E-state index in [-0.39, 0.29) is 0 Å². The number of rotatable bonds is 5. The van der Waals surface area contributed by atoms with Crippen molar-refractivity contribution in [1.82, 2.24) is 15.1 Å². The van der Waals surface area contributed by atoms with Gasteiger partial charge in [-0.1, -0.05) is 37.3 Å². The van der Waals surface area contributed by atoms with Gasteiger partial charge < -0.3 is 5.32 Å². The Morgan fingerprint density at radius 2 is 1.94 bits per heavy atom. The van der Waals surface area contributed by atoms with Gasteiger partial charge in [0.2, 0.25) is 0 Å². The normalized spacial score (nSPS) is 14.4. The molecule has 0 amide bonds. The molecule has 3 heteroatoms. The molecule has 0 saturated carbocycles. The topological polar surface area (TPSA) is 29.9 Å². The number of nitrogens with one attached hydrogen (secondary N) is 1.